The molecular weight excluding hydrogens is 224 g/mol. The van der Waals surface area contributed by atoms with Gasteiger partial charge in [-0.25, -0.2) is 9.97 Å². The van der Waals surface area contributed by atoms with Crippen LogP contribution >= 0.6 is 0 Å². The number of pyridine rings is 1. The molecule has 0 aliphatic carbocycles. The number of hydrogen-bond donors (Lipinski definition) is 1. The number of hydrogen-bond acceptors (Lipinski definition) is 3. The molecule has 2 aromatic rings. The molecule has 2 heterocycles. The number of terminal acetylenes is 1. The summed E-state index contributed by atoms with van der Waals surface area (Å²) in [5, 5.41) is 0. The van der Waals surface area contributed by atoms with Gasteiger partial charge in [-0.1, -0.05) is 0 Å². The molecule has 0 saturated heterocycles. The van der Waals surface area contributed by atoms with E-state index in [0.717, 1.165) is 37.1 Å². The van der Waals surface area contributed by atoms with Gasteiger partial charge in [-0.3, -0.25) is 0 Å². The number of aromatic nitrogens is 3. The van der Waals surface area contributed by atoms with Gasteiger partial charge in [0, 0.05) is 24.7 Å². The summed E-state index contributed by atoms with van der Waals surface area (Å²) in [6, 6.07) is 3.75. The molecule has 2 aromatic heterocycles. The maximum atomic E-state index is 5.58. The second-order valence-electron chi connectivity index (χ2n) is 4.11. The van der Waals surface area contributed by atoms with E-state index in [-0.39, 0.29) is 0 Å². The Morgan fingerprint density at radius 3 is 2.89 bits per heavy atom. The molecule has 0 aromatic carbocycles. The average Bonchev–Trinajstić information content (AvgIpc) is 2.84. The van der Waals surface area contributed by atoms with Crippen molar-refractivity contribution in [2.24, 2.45) is 0 Å². The summed E-state index contributed by atoms with van der Waals surface area (Å²) >= 11 is 0. The molecule has 0 unspecified atom stereocenters. The highest BCUT2D eigenvalue weighted by atomic mass is 15.0. The number of nitrogens with two attached hydrogens (primary N) is 1. The van der Waals surface area contributed by atoms with E-state index in [4.69, 9.17) is 12.2 Å². The van der Waals surface area contributed by atoms with E-state index in [1.165, 1.54) is 0 Å². The molecule has 18 heavy (non-hydrogen) atoms. The van der Waals surface area contributed by atoms with Crippen LogP contribution in [0.4, 0.5) is 5.82 Å². The van der Waals surface area contributed by atoms with Crippen LogP contribution in [0.25, 0.3) is 11.3 Å². The van der Waals surface area contributed by atoms with Crippen LogP contribution in [0.2, 0.25) is 0 Å². The Bertz CT molecular complexity index is 534. The Morgan fingerprint density at radius 2 is 2.17 bits per heavy atom. The van der Waals surface area contributed by atoms with Crippen molar-refractivity contribution in [3.05, 3.63) is 30.9 Å². The first-order valence-corrected chi connectivity index (χ1v) is 5.97. The van der Waals surface area contributed by atoms with Crippen LogP contribution in [0.3, 0.4) is 0 Å². The van der Waals surface area contributed by atoms with Crippen molar-refractivity contribution in [2.45, 2.75) is 25.8 Å². The van der Waals surface area contributed by atoms with E-state index in [1.54, 1.807) is 12.3 Å². The largest absolute Gasteiger partial charge is 0.384 e. The van der Waals surface area contributed by atoms with Crippen LogP contribution < -0.4 is 5.73 Å². The summed E-state index contributed by atoms with van der Waals surface area (Å²) in [6.07, 6.45) is 13.6. The number of imidazole rings is 1. The van der Waals surface area contributed by atoms with Crippen LogP contribution in [0.1, 0.15) is 19.3 Å². The average molecular weight is 240 g/mol. The molecule has 2 rings (SSSR count). The Hall–Kier alpha value is -2.28. The summed E-state index contributed by atoms with van der Waals surface area (Å²) in [7, 11) is 0. The zero-order valence-corrected chi connectivity index (χ0v) is 10.2. The van der Waals surface area contributed by atoms with E-state index in [0.29, 0.717) is 5.82 Å². The first-order chi connectivity index (χ1) is 8.81. The van der Waals surface area contributed by atoms with Crippen LogP contribution in [0.15, 0.2) is 30.9 Å². The van der Waals surface area contributed by atoms with Crippen molar-refractivity contribution in [3.8, 4) is 23.6 Å². The van der Waals surface area contributed by atoms with Gasteiger partial charge in [0.15, 0.2) is 0 Å². The highest BCUT2D eigenvalue weighted by Gasteiger charge is 2.04. The summed E-state index contributed by atoms with van der Waals surface area (Å²) < 4.78 is 2.11. The fourth-order valence-electron chi connectivity index (χ4n) is 1.81. The zero-order chi connectivity index (χ0) is 12.8. The van der Waals surface area contributed by atoms with E-state index in [9.17, 15) is 0 Å². The van der Waals surface area contributed by atoms with Gasteiger partial charge in [0.2, 0.25) is 0 Å². The number of anilines is 1. The van der Waals surface area contributed by atoms with E-state index in [1.807, 2.05) is 18.6 Å². The lowest BCUT2D eigenvalue weighted by atomic mass is 10.2. The quantitative estimate of drug-likeness (QED) is 0.644. The van der Waals surface area contributed by atoms with Crippen molar-refractivity contribution in [1.82, 2.24) is 14.5 Å². The Balaban J connectivity index is 2.08. The fraction of sp³-hybridized carbons (Fsp3) is 0.286. The van der Waals surface area contributed by atoms with Gasteiger partial charge in [-0.15, -0.1) is 12.3 Å². The Morgan fingerprint density at radius 1 is 1.28 bits per heavy atom. The minimum Gasteiger partial charge on any atom is -0.384 e. The van der Waals surface area contributed by atoms with Gasteiger partial charge < -0.3 is 10.3 Å². The predicted molar refractivity (Wildman–Crippen MR) is 72.6 cm³/mol. The van der Waals surface area contributed by atoms with Crippen molar-refractivity contribution < 1.29 is 0 Å². The second kappa shape index (κ2) is 5.87. The molecule has 0 amide bonds. The SMILES string of the molecule is C#CCCCCn1cncc1-c1ccc(N)nc1. The number of rotatable bonds is 5. The van der Waals surface area contributed by atoms with Gasteiger partial charge >= 0.3 is 0 Å². The number of unbranched alkanes of at least 4 members (excludes halogenated alkanes) is 2. The molecule has 0 fully saturated rings. The van der Waals surface area contributed by atoms with Crippen LogP contribution in [0, 0.1) is 12.3 Å². The molecule has 2 N–H and O–H groups in total. The molecule has 0 saturated carbocycles. The van der Waals surface area contributed by atoms with Crippen molar-refractivity contribution in [3.63, 3.8) is 0 Å². The summed E-state index contributed by atoms with van der Waals surface area (Å²) in [5.41, 5.74) is 7.66. The molecule has 0 bridgehead atoms. The first kappa shape index (κ1) is 12.2. The highest BCUT2D eigenvalue weighted by molar-refractivity contribution is 5.59. The Labute approximate surface area is 107 Å². The van der Waals surface area contributed by atoms with E-state index >= 15 is 0 Å². The maximum absolute atomic E-state index is 5.58. The minimum absolute atomic E-state index is 0.527. The smallest absolute Gasteiger partial charge is 0.123 e. The summed E-state index contributed by atoms with van der Waals surface area (Å²) in [5.74, 6) is 3.18. The minimum atomic E-state index is 0.527. The van der Waals surface area contributed by atoms with Gasteiger partial charge in [0.1, 0.15) is 5.82 Å². The lowest BCUT2D eigenvalue weighted by molar-refractivity contribution is 0.621. The van der Waals surface area contributed by atoms with Crippen molar-refractivity contribution in [1.29, 1.82) is 0 Å². The monoisotopic (exact) mass is 240 g/mol. The van der Waals surface area contributed by atoms with Crippen molar-refractivity contribution >= 4 is 5.82 Å². The molecule has 4 nitrogen and oxygen atoms in total. The first-order valence-electron chi connectivity index (χ1n) is 5.97. The van der Waals surface area contributed by atoms with Crippen LogP contribution in [0.5, 0.6) is 0 Å². The normalized spacial score (nSPS) is 10.2. The van der Waals surface area contributed by atoms with Crippen molar-refractivity contribution in [2.75, 3.05) is 5.73 Å². The molecule has 0 atom stereocenters. The molecule has 0 aliphatic rings. The topological polar surface area (TPSA) is 56.7 Å². The summed E-state index contributed by atoms with van der Waals surface area (Å²) in [4.78, 5) is 8.28. The molecule has 0 aliphatic heterocycles. The number of aryl methyl sites for hydroxylation is 1. The lowest BCUT2D eigenvalue weighted by Crippen LogP contribution is -1.99. The highest BCUT2D eigenvalue weighted by Crippen LogP contribution is 2.19. The van der Waals surface area contributed by atoms with Crippen LogP contribution in [-0.4, -0.2) is 14.5 Å². The maximum Gasteiger partial charge on any atom is 0.123 e. The number of nitrogen functional groups attached to an aromatic ring is 1. The van der Waals surface area contributed by atoms with Gasteiger partial charge in [-0.05, 0) is 25.0 Å². The standard InChI is InChI=1S/C14H16N4/c1-2-3-4-5-8-18-11-16-10-13(18)12-6-7-14(15)17-9-12/h1,6-7,9-11H,3-5,8H2,(H2,15,17). The third kappa shape index (κ3) is 2.89. The number of nitrogens with zero attached hydrogens (tertiary/aromatic N) is 3. The molecular formula is C14H16N4. The van der Waals surface area contributed by atoms with E-state index in [2.05, 4.69) is 20.5 Å². The van der Waals surface area contributed by atoms with Gasteiger partial charge in [0.05, 0.1) is 18.2 Å². The molecule has 0 radical (unpaired) electrons. The molecule has 0 spiro atoms. The summed E-state index contributed by atoms with van der Waals surface area (Å²) in [6.45, 7) is 0.918. The lowest BCUT2D eigenvalue weighted by Gasteiger charge is -2.07. The zero-order valence-electron chi connectivity index (χ0n) is 10.2. The van der Waals surface area contributed by atoms with Crippen LogP contribution in [-0.2, 0) is 6.54 Å². The third-order valence-electron chi connectivity index (χ3n) is 2.76. The molecule has 92 valence electrons. The van der Waals surface area contributed by atoms with Gasteiger partial charge in [0.25, 0.3) is 0 Å². The predicted octanol–water partition coefficient (Wildman–Crippen LogP) is 2.33. The van der Waals surface area contributed by atoms with E-state index < -0.39 is 0 Å². The fourth-order valence-corrected chi connectivity index (χ4v) is 1.81. The molecule has 4 heteroatoms. The Kier molecular flexibility index (Phi) is 3.98. The second-order valence-corrected chi connectivity index (χ2v) is 4.11. The third-order valence-corrected chi connectivity index (χ3v) is 2.76. The van der Waals surface area contributed by atoms with Gasteiger partial charge in [-0.2, -0.15) is 0 Å².